The number of hydrogen-bond acceptors (Lipinski definition) is 1. The summed E-state index contributed by atoms with van der Waals surface area (Å²) >= 11 is 5.59. The van der Waals surface area contributed by atoms with Crippen LogP contribution in [0.15, 0.2) is 0 Å². The first-order valence-electron chi connectivity index (χ1n) is 3.97. The molecule has 0 heterocycles. The zero-order valence-electron chi connectivity index (χ0n) is 6.86. The van der Waals surface area contributed by atoms with Gasteiger partial charge in [-0.05, 0) is 12.8 Å². The van der Waals surface area contributed by atoms with E-state index in [0.717, 1.165) is 25.7 Å². The number of aliphatic hydroxyl groups is 1. The van der Waals surface area contributed by atoms with Gasteiger partial charge in [-0.2, -0.15) is 0 Å². The van der Waals surface area contributed by atoms with Gasteiger partial charge in [0, 0.05) is 0 Å². The molecule has 0 aromatic heterocycles. The van der Waals surface area contributed by atoms with Gasteiger partial charge < -0.3 is 5.11 Å². The minimum Gasteiger partial charge on any atom is -0.389 e. The van der Waals surface area contributed by atoms with Crippen LogP contribution in [0.3, 0.4) is 0 Å². The Morgan fingerprint density at radius 2 is 2.00 bits per heavy atom. The molecule has 0 aliphatic carbocycles. The number of alkyl halides is 1. The summed E-state index contributed by atoms with van der Waals surface area (Å²) in [6.45, 7) is 4.09. The van der Waals surface area contributed by atoms with Gasteiger partial charge in [0.25, 0.3) is 0 Å². The molecule has 0 bridgehead atoms. The molecule has 0 aromatic rings. The maximum atomic E-state index is 9.63. The van der Waals surface area contributed by atoms with E-state index < -0.39 is 5.60 Å². The Kier molecular flexibility index (Phi) is 5.10. The van der Waals surface area contributed by atoms with Crippen LogP contribution in [-0.4, -0.2) is 16.6 Å². The maximum absolute atomic E-state index is 9.63. The zero-order chi connectivity index (χ0) is 8.04. The molecular formula is C8H17ClO. The highest BCUT2D eigenvalue weighted by atomic mass is 35.5. The fourth-order valence-electron chi connectivity index (χ4n) is 0.844. The van der Waals surface area contributed by atoms with Gasteiger partial charge in [-0.25, -0.2) is 0 Å². The topological polar surface area (TPSA) is 20.2 Å². The van der Waals surface area contributed by atoms with Crippen molar-refractivity contribution in [2.75, 3.05) is 5.88 Å². The van der Waals surface area contributed by atoms with Crippen LogP contribution in [0, 0.1) is 0 Å². The predicted molar refractivity (Wildman–Crippen MR) is 45.5 cm³/mol. The smallest absolute Gasteiger partial charge is 0.0779 e. The summed E-state index contributed by atoms with van der Waals surface area (Å²) in [7, 11) is 0. The lowest BCUT2D eigenvalue weighted by molar-refractivity contribution is 0.0483. The van der Waals surface area contributed by atoms with Crippen LogP contribution in [0.5, 0.6) is 0 Å². The summed E-state index contributed by atoms with van der Waals surface area (Å²) < 4.78 is 0. The molecule has 62 valence electrons. The molecule has 1 N–H and O–H groups in total. The number of unbranched alkanes of at least 4 members (excludes halogenated alkanes) is 1. The highest BCUT2D eigenvalue weighted by Crippen LogP contribution is 2.19. The summed E-state index contributed by atoms with van der Waals surface area (Å²) in [5.74, 6) is 0.365. The molecule has 2 heteroatoms. The Hall–Kier alpha value is 0.250. The molecule has 0 aromatic carbocycles. The lowest BCUT2D eigenvalue weighted by atomic mass is 9.96. The van der Waals surface area contributed by atoms with Crippen molar-refractivity contribution in [2.24, 2.45) is 0 Å². The minimum atomic E-state index is -0.600. The van der Waals surface area contributed by atoms with E-state index in [2.05, 4.69) is 6.92 Å². The molecule has 0 amide bonds. The van der Waals surface area contributed by atoms with E-state index >= 15 is 0 Å². The van der Waals surface area contributed by atoms with E-state index in [9.17, 15) is 5.11 Å². The largest absolute Gasteiger partial charge is 0.389 e. The first kappa shape index (κ1) is 10.2. The third kappa shape index (κ3) is 3.43. The van der Waals surface area contributed by atoms with Crippen molar-refractivity contribution in [3.05, 3.63) is 0 Å². The average molecular weight is 165 g/mol. The van der Waals surface area contributed by atoms with Crippen LogP contribution < -0.4 is 0 Å². The Labute approximate surface area is 68.4 Å². The van der Waals surface area contributed by atoms with Crippen molar-refractivity contribution in [3.63, 3.8) is 0 Å². The fourth-order valence-corrected chi connectivity index (χ4v) is 1.17. The first-order valence-corrected chi connectivity index (χ1v) is 4.50. The molecule has 0 spiro atoms. The van der Waals surface area contributed by atoms with Crippen molar-refractivity contribution in [1.82, 2.24) is 0 Å². The van der Waals surface area contributed by atoms with Crippen LogP contribution in [0.4, 0.5) is 0 Å². The predicted octanol–water partition coefficient (Wildman–Crippen LogP) is 2.56. The van der Waals surface area contributed by atoms with Gasteiger partial charge in [0.1, 0.15) is 0 Å². The van der Waals surface area contributed by atoms with Gasteiger partial charge in [0.05, 0.1) is 11.5 Å². The maximum Gasteiger partial charge on any atom is 0.0779 e. The molecule has 1 unspecified atom stereocenters. The van der Waals surface area contributed by atoms with E-state index in [-0.39, 0.29) is 0 Å². The molecule has 0 rings (SSSR count). The molecule has 10 heavy (non-hydrogen) atoms. The van der Waals surface area contributed by atoms with Crippen molar-refractivity contribution >= 4 is 11.6 Å². The van der Waals surface area contributed by atoms with E-state index in [1.165, 1.54) is 0 Å². The number of hydrogen-bond donors (Lipinski definition) is 1. The van der Waals surface area contributed by atoms with E-state index in [1.54, 1.807) is 0 Å². The zero-order valence-corrected chi connectivity index (χ0v) is 7.62. The second-order valence-corrected chi connectivity index (χ2v) is 3.08. The molecule has 1 nitrogen and oxygen atoms in total. The molecule has 0 aliphatic rings. The van der Waals surface area contributed by atoms with Gasteiger partial charge in [0.15, 0.2) is 0 Å². The second kappa shape index (κ2) is 4.97. The van der Waals surface area contributed by atoms with Gasteiger partial charge in [-0.1, -0.05) is 26.7 Å². The lowest BCUT2D eigenvalue weighted by Gasteiger charge is -2.23. The molecule has 0 saturated heterocycles. The Morgan fingerprint density at radius 3 is 2.30 bits per heavy atom. The summed E-state index contributed by atoms with van der Waals surface area (Å²) in [6, 6.07) is 0. The standard InChI is InChI=1S/C8H17ClO/c1-3-5-6-8(10,4-2)7-9/h10H,3-7H2,1-2H3. The third-order valence-electron chi connectivity index (χ3n) is 1.90. The van der Waals surface area contributed by atoms with Crippen molar-refractivity contribution in [3.8, 4) is 0 Å². The summed E-state index contributed by atoms with van der Waals surface area (Å²) in [5, 5.41) is 9.63. The van der Waals surface area contributed by atoms with Gasteiger partial charge >= 0.3 is 0 Å². The molecule has 0 saturated carbocycles. The van der Waals surface area contributed by atoms with Crippen molar-refractivity contribution < 1.29 is 5.11 Å². The van der Waals surface area contributed by atoms with Crippen molar-refractivity contribution in [1.29, 1.82) is 0 Å². The summed E-state index contributed by atoms with van der Waals surface area (Å²) in [6.07, 6.45) is 3.79. The van der Waals surface area contributed by atoms with Crippen LogP contribution in [0.1, 0.15) is 39.5 Å². The quantitative estimate of drug-likeness (QED) is 0.620. The third-order valence-corrected chi connectivity index (χ3v) is 2.40. The molecule has 0 aliphatic heterocycles. The number of halogens is 1. The highest BCUT2D eigenvalue weighted by Gasteiger charge is 2.21. The van der Waals surface area contributed by atoms with E-state index in [0.29, 0.717) is 5.88 Å². The van der Waals surface area contributed by atoms with Gasteiger partial charge in [-0.15, -0.1) is 11.6 Å². The average Bonchev–Trinajstić information content (AvgIpc) is 2.00. The Balaban J connectivity index is 3.58. The summed E-state index contributed by atoms with van der Waals surface area (Å²) in [5.41, 5.74) is -0.600. The monoisotopic (exact) mass is 164 g/mol. The fraction of sp³-hybridized carbons (Fsp3) is 1.00. The van der Waals surface area contributed by atoms with Gasteiger partial charge in [-0.3, -0.25) is 0 Å². The minimum absolute atomic E-state index is 0.365. The van der Waals surface area contributed by atoms with Crippen LogP contribution in [0.2, 0.25) is 0 Å². The van der Waals surface area contributed by atoms with Crippen LogP contribution >= 0.6 is 11.6 Å². The van der Waals surface area contributed by atoms with E-state index in [4.69, 9.17) is 11.6 Å². The highest BCUT2D eigenvalue weighted by molar-refractivity contribution is 6.18. The second-order valence-electron chi connectivity index (χ2n) is 2.82. The summed E-state index contributed by atoms with van der Waals surface area (Å²) in [4.78, 5) is 0. The molecule has 0 radical (unpaired) electrons. The Bertz CT molecular complexity index is 79.3. The molecule has 1 atom stereocenters. The van der Waals surface area contributed by atoms with Crippen molar-refractivity contribution in [2.45, 2.75) is 45.1 Å². The first-order chi connectivity index (χ1) is 4.68. The number of rotatable bonds is 5. The molecule has 0 fully saturated rings. The van der Waals surface area contributed by atoms with Crippen LogP contribution in [-0.2, 0) is 0 Å². The SMILES string of the molecule is CCCCC(O)(CC)CCl. The van der Waals surface area contributed by atoms with E-state index in [1.807, 2.05) is 6.92 Å². The lowest BCUT2D eigenvalue weighted by Crippen LogP contribution is -2.29. The molecular weight excluding hydrogens is 148 g/mol. The normalized spacial score (nSPS) is 16.8. The van der Waals surface area contributed by atoms with Gasteiger partial charge in [0.2, 0.25) is 0 Å². The van der Waals surface area contributed by atoms with Crippen LogP contribution in [0.25, 0.3) is 0 Å². The Morgan fingerprint density at radius 1 is 1.40 bits per heavy atom.